The molecule has 3 aromatic rings. The van der Waals surface area contributed by atoms with Crippen molar-refractivity contribution in [3.05, 3.63) is 99.5 Å². The van der Waals surface area contributed by atoms with Crippen LogP contribution in [0.5, 0.6) is 0 Å². The third kappa shape index (κ3) is 6.85. The molecule has 0 saturated carbocycles. The molecule has 1 atom stereocenters. The Kier molecular flexibility index (Phi) is 8.83. The van der Waals surface area contributed by atoms with Gasteiger partial charge in [-0.2, -0.15) is 17.5 Å². The minimum Gasteiger partial charge on any atom is -0.367 e. The summed E-state index contributed by atoms with van der Waals surface area (Å²) in [5, 5.41) is 0.428. The summed E-state index contributed by atoms with van der Waals surface area (Å²) in [6.45, 7) is 2.26. The molecule has 0 aliphatic carbocycles. The van der Waals surface area contributed by atoms with Gasteiger partial charge < -0.3 is 4.74 Å². The van der Waals surface area contributed by atoms with Gasteiger partial charge in [0.05, 0.1) is 17.2 Å². The average molecular weight is 573 g/mol. The van der Waals surface area contributed by atoms with E-state index in [1.807, 2.05) is 30.3 Å². The van der Waals surface area contributed by atoms with E-state index >= 15 is 0 Å². The SMILES string of the molecule is O=S(=O)(c1ccc(Cl)cc1Cl)N1CCN(CCO[C@H](c2ccccc2)c2cccc(C(F)(F)F)c2)CC1. The Balaban J connectivity index is 1.38. The number of alkyl halides is 3. The first kappa shape index (κ1) is 27.9. The van der Waals surface area contributed by atoms with Crippen LogP contribution in [0.4, 0.5) is 13.2 Å². The van der Waals surface area contributed by atoms with Gasteiger partial charge in [-0.15, -0.1) is 0 Å². The molecule has 1 fully saturated rings. The van der Waals surface area contributed by atoms with E-state index in [0.29, 0.717) is 30.2 Å². The number of benzene rings is 3. The van der Waals surface area contributed by atoms with Gasteiger partial charge in [0.15, 0.2) is 0 Å². The second-order valence-corrected chi connectivity index (χ2v) is 11.4. The zero-order chi connectivity index (χ0) is 26.6. The molecule has 0 spiro atoms. The standard InChI is InChI=1S/C26H25Cl2F3N2O3S/c27-22-9-10-24(23(28)18-22)37(34,35)33-13-11-32(12-14-33)15-16-36-25(19-5-2-1-3-6-19)20-7-4-8-21(17-20)26(29,30)31/h1-10,17-18,25H,11-16H2/t25-/m1/s1. The second-order valence-electron chi connectivity index (χ2n) is 8.61. The van der Waals surface area contributed by atoms with Crippen LogP contribution in [-0.4, -0.2) is 57.0 Å². The molecule has 37 heavy (non-hydrogen) atoms. The number of hydrogen-bond donors (Lipinski definition) is 0. The van der Waals surface area contributed by atoms with E-state index in [1.165, 1.54) is 28.6 Å². The molecule has 11 heteroatoms. The Morgan fingerprint density at radius 1 is 0.865 bits per heavy atom. The molecule has 0 amide bonds. The summed E-state index contributed by atoms with van der Waals surface area (Å²) < 4.78 is 73.4. The number of ether oxygens (including phenoxy) is 1. The van der Waals surface area contributed by atoms with Gasteiger partial charge in [-0.1, -0.05) is 65.7 Å². The van der Waals surface area contributed by atoms with E-state index in [-0.39, 0.29) is 29.6 Å². The van der Waals surface area contributed by atoms with Crippen molar-refractivity contribution in [2.45, 2.75) is 17.2 Å². The van der Waals surface area contributed by atoms with Crippen molar-refractivity contribution >= 4 is 33.2 Å². The number of nitrogens with zero attached hydrogens (tertiary/aromatic N) is 2. The van der Waals surface area contributed by atoms with Crippen LogP contribution in [0.3, 0.4) is 0 Å². The molecule has 198 valence electrons. The number of halogens is 5. The van der Waals surface area contributed by atoms with Crippen LogP contribution in [0.1, 0.15) is 22.8 Å². The zero-order valence-corrected chi connectivity index (χ0v) is 22.0. The highest BCUT2D eigenvalue weighted by Gasteiger charge is 2.32. The molecular weight excluding hydrogens is 548 g/mol. The molecule has 5 nitrogen and oxygen atoms in total. The Hall–Kier alpha value is -2.14. The number of hydrogen-bond acceptors (Lipinski definition) is 4. The molecule has 0 unspecified atom stereocenters. The lowest BCUT2D eigenvalue weighted by atomic mass is 9.99. The lowest BCUT2D eigenvalue weighted by Crippen LogP contribution is -2.49. The van der Waals surface area contributed by atoms with Crippen LogP contribution < -0.4 is 0 Å². The summed E-state index contributed by atoms with van der Waals surface area (Å²) in [5.41, 5.74) is 0.432. The number of piperazine rings is 1. The van der Waals surface area contributed by atoms with Crippen LogP contribution >= 0.6 is 23.2 Å². The Labute approximate surface area is 224 Å². The van der Waals surface area contributed by atoms with Gasteiger partial charge in [-0.05, 0) is 41.5 Å². The van der Waals surface area contributed by atoms with Gasteiger partial charge in [0.25, 0.3) is 0 Å². The van der Waals surface area contributed by atoms with Crippen LogP contribution in [0.25, 0.3) is 0 Å². The van der Waals surface area contributed by atoms with Crippen molar-refractivity contribution in [3.63, 3.8) is 0 Å². The molecule has 0 aromatic heterocycles. The number of sulfonamides is 1. The monoisotopic (exact) mass is 572 g/mol. The maximum absolute atomic E-state index is 13.3. The first-order valence-corrected chi connectivity index (χ1v) is 13.8. The first-order chi connectivity index (χ1) is 17.6. The van der Waals surface area contributed by atoms with Crippen molar-refractivity contribution < 1.29 is 26.3 Å². The van der Waals surface area contributed by atoms with Crippen molar-refractivity contribution in [2.24, 2.45) is 0 Å². The predicted octanol–water partition coefficient (Wildman–Crippen LogP) is 6.12. The van der Waals surface area contributed by atoms with Crippen molar-refractivity contribution in [2.75, 3.05) is 39.3 Å². The van der Waals surface area contributed by atoms with Gasteiger partial charge in [0.2, 0.25) is 10.0 Å². The largest absolute Gasteiger partial charge is 0.416 e. The van der Waals surface area contributed by atoms with E-state index < -0.39 is 27.9 Å². The van der Waals surface area contributed by atoms with Gasteiger partial charge in [-0.3, -0.25) is 4.90 Å². The van der Waals surface area contributed by atoms with Gasteiger partial charge >= 0.3 is 6.18 Å². The predicted molar refractivity (Wildman–Crippen MR) is 137 cm³/mol. The van der Waals surface area contributed by atoms with Gasteiger partial charge in [0, 0.05) is 37.7 Å². The fourth-order valence-corrected chi connectivity index (χ4v) is 6.38. The van der Waals surface area contributed by atoms with Gasteiger partial charge in [0.1, 0.15) is 11.0 Å². The molecule has 1 saturated heterocycles. The summed E-state index contributed by atoms with van der Waals surface area (Å²) in [6.07, 6.45) is -5.12. The smallest absolute Gasteiger partial charge is 0.367 e. The molecular formula is C26H25Cl2F3N2O3S. The first-order valence-electron chi connectivity index (χ1n) is 11.6. The Morgan fingerprint density at radius 2 is 1.54 bits per heavy atom. The topological polar surface area (TPSA) is 49.9 Å². The molecule has 1 heterocycles. The third-order valence-electron chi connectivity index (χ3n) is 6.15. The van der Waals surface area contributed by atoms with Crippen LogP contribution in [-0.2, 0) is 20.9 Å². The average Bonchev–Trinajstić information content (AvgIpc) is 2.87. The molecule has 0 bridgehead atoms. The third-order valence-corrected chi connectivity index (χ3v) is 8.77. The summed E-state index contributed by atoms with van der Waals surface area (Å²) in [5.74, 6) is 0. The van der Waals surface area contributed by atoms with E-state index in [0.717, 1.165) is 17.7 Å². The fraction of sp³-hybridized carbons (Fsp3) is 0.308. The highest BCUT2D eigenvalue weighted by molar-refractivity contribution is 7.89. The van der Waals surface area contributed by atoms with E-state index in [1.54, 1.807) is 6.07 Å². The van der Waals surface area contributed by atoms with E-state index in [4.69, 9.17) is 27.9 Å². The van der Waals surface area contributed by atoms with Crippen LogP contribution in [0.2, 0.25) is 10.0 Å². The summed E-state index contributed by atoms with van der Waals surface area (Å²) in [6, 6.07) is 18.5. The minimum absolute atomic E-state index is 0.0159. The maximum atomic E-state index is 13.3. The van der Waals surface area contributed by atoms with Crippen LogP contribution in [0.15, 0.2) is 77.7 Å². The number of rotatable bonds is 8. The molecule has 1 aliphatic heterocycles. The van der Waals surface area contributed by atoms with Crippen LogP contribution in [0, 0.1) is 0 Å². The summed E-state index contributed by atoms with van der Waals surface area (Å²) in [7, 11) is -3.76. The van der Waals surface area contributed by atoms with Crippen molar-refractivity contribution in [1.82, 2.24) is 9.21 Å². The second kappa shape index (κ2) is 11.7. The molecule has 4 rings (SSSR count). The van der Waals surface area contributed by atoms with Crippen molar-refractivity contribution in [3.8, 4) is 0 Å². The zero-order valence-electron chi connectivity index (χ0n) is 19.7. The maximum Gasteiger partial charge on any atom is 0.416 e. The molecule has 1 aliphatic rings. The summed E-state index contributed by atoms with van der Waals surface area (Å²) >= 11 is 12.0. The highest BCUT2D eigenvalue weighted by atomic mass is 35.5. The van der Waals surface area contributed by atoms with E-state index in [9.17, 15) is 21.6 Å². The normalized spacial score (nSPS) is 16.6. The summed E-state index contributed by atoms with van der Waals surface area (Å²) in [4.78, 5) is 2.08. The minimum atomic E-state index is -4.45. The van der Waals surface area contributed by atoms with Crippen molar-refractivity contribution in [1.29, 1.82) is 0 Å². The lowest BCUT2D eigenvalue weighted by molar-refractivity contribution is -0.137. The van der Waals surface area contributed by atoms with Gasteiger partial charge in [-0.25, -0.2) is 8.42 Å². The Morgan fingerprint density at radius 3 is 2.19 bits per heavy atom. The molecule has 0 N–H and O–H groups in total. The Bertz CT molecular complexity index is 1320. The highest BCUT2D eigenvalue weighted by Crippen LogP contribution is 2.33. The fourth-order valence-electron chi connectivity index (χ4n) is 4.21. The molecule has 3 aromatic carbocycles. The molecule has 0 radical (unpaired) electrons. The van der Waals surface area contributed by atoms with E-state index in [2.05, 4.69) is 4.90 Å². The lowest BCUT2D eigenvalue weighted by Gasteiger charge is -2.34. The quantitative estimate of drug-likeness (QED) is 0.326.